The zero-order chi connectivity index (χ0) is 12.6. The minimum atomic E-state index is 1.17. The highest BCUT2D eigenvalue weighted by atomic mass is 32.2. The average molecular weight is 274 g/mol. The summed E-state index contributed by atoms with van der Waals surface area (Å²) in [5.41, 5.74) is 0. The van der Waals surface area contributed by atoms with Gasteiger partial charge in [0.15, 0.2) is 0 Å². The molecule has 1 aromatic heterocycles. The molecule has 0 saturated heterocycles. The number of hydrogen-bond acceptors (Lipinski definition) is 2. The molecule has 1 heterocycles. The maximum absolute atomic E-state index is 2.33. The number of unbranched alkanes of at least 4 members (excludes halogenated alkanes) is 1. The summed E-state index contributed by atoms with van der Waals surface area (Å²) in [5, 5.41) is 2.14. The number of benzene rings is 1. The van der Waals surface area contributed by atoms with Crippen molar-refractivity contribution in [3.8, 4) is 0 Å². The van der Waals surface area contributed by atoms with Gasteiger partial charge < -0.3 is 0 Å². The van der Waals surface area contributed by atoms with Gasteiger partial charge in [-0.15, -0.1) is 11.3 Å². The first-order valence-corrected chi connectivity index (χ1v) is 8.05. The lowest BCUT2D eigenvalue weighted by Crippen LogP contribution is -1.80. The van der Waals surface area contributed by atoms with E-state index in [9.17, 15) is 0 Å². The lowest BCUT2D eigenvalue weighted by atomic mass is 10.2. The van der Waals surface area contributed by atoms with E-state index in [2.05, 4.69) is 60.8 Å². The molecule has 0 radical (unpaired) electrons. The van der Waals surface area contributed by atoms with Crippen LogP contribution in [0.3, 0.4) is 0 Å². The molecule has 0 amide bonds. The Hall–Kier alpha value is -0.990. The van der Waals surface area contributed by atoms with Crippen molar-refractivity contribution >= 4 is 29.2 Å². The van der Waals surface area contributed by atoms with Crippen molar-refractivity contribution < 1.29 is 0 Å². The molecule has 0 bridgehead atoms. The Labute approximate surface area is 118 Å². The molecule has 0 aliphatic rings. The van der Waals surface area contributed by atoms with Crippen molar-refractivity contribution in [2.75, 3.05) is 0 Å². The molecule has 0 spiro atoms. The summed E-state index contributed by atoms with van der Waals surface area (Å²) in [6.45, 7) is 2.25. The maximum Gasteiger partial charge on any atom is 0.0278 e. The van der Waals surface area contributed by atoms with Crippen molar-refractivity contribution in [2.45, 2.75) is 31.1 Å². The average Bonchev–Trinajstić information content (AvgIpc) is 2.90. The van der Waals surface area contributed by atoms with Crippen LogP contribution in [0, 0.1) is 0 Å². The molecule has 0 unspecified atom stereocenters. The van der Waals surface area contributed by atoms with Crippen molar-refractivity contribution in [3.05, 3.63) is 57.6 Å². The lowest BCUT2D eigenvalue weighted by Gasteiger charge is -2.06. The lowest BCUT2D eigenvalue weighted by molar-refractivity contribution is 0.811. The van der Waals surface area contributed by atoms with E-state index >= 15 is 0 Å². The van der Waals surface area contributed by atoms with Crippen LogP contribution in [0.25, 0.3) is 6.08 Å². The minimum Gasteiger partial charge on any atom is -0.144 e. The van der Waals surface area contributed by atoms with Gasteiger partial charge in [0.05, 0.1) is 0 Å². The van der Waals surface area contributed by atoms with Crippen LogP contribution in [0.2, 0.25) is 0 Å². The molecule has 0 fully saturated rings. The Morgan fingerprint density at radius 1 is 1.17 bits per heavy atom. The first-order chi connectivity index (χ1) is 8.88. The van der Waals surface area contributed by atoms with Gasteiger partial charge in [-0.25, -0.2) is 0 Å². The van der Waals surface area contributed by atoms with E-state index in [1.165, 1.54) is 33.9 Å². The Bertz CT molecular complexity index is 469. The Morgan fingerprint density at radius 3 is 2.67 bits per heavy atom. The Kier molecular flexibility index (Phi) is 5.56. The molecule has 0 aliphatic heterocycles. The van der Waals surface area contributed by atoms with Crippen molar-refractivity contribution in [3.63, 3.8) is 0 Å². The molecule has 0 aliphatic carbocycles. The molecule has 1 aromatic carbocycles. The SMILES string of the molecule is CCCC/C(=C\c1cccs1)Sc1ccccc1. The number of thioether (sulfide) groups is 1. The number of thiophene rings is 1. The van der Waals surface area contributed by atoms with Gasteiger partial charge in [0.25, 0.3) is 0 Å². The highest BCUT2D eigenvalue weighted by Gasteiger charge is 2.01. The van der Waals surface area contributed by atoms with Crippen molar-refractivity contribution in [2.24, 2.45) is 0 Å². The molecular formula is C16H18S2. The normalized spacial score (nSPS) is 11.7. The van der Waals surface area contributed by atoms with E-state index in [1.807, 2.05) is 11.8 Å². The third-order valence-corrected chi connectivity index (χ3v) is 4.53. The largest absolute Gasteiger partial charge is 0.144 e. The summed E-state index contributed by atoms with van der Waals surface area (Å²) in [6, 6.07) is 14.9. The van der Waals surface area contributed by atoms with Crippen LogP contribution in [-0.2, 0) is 0 Å². The summed E-state index contributed by atoms with van der Waals surface area (Å²) < 4.78 is 0. The predicted molar refractivity (Wildman–Crippen MR) is 84.1 cm³/mol. The van der Waals surface area contributed by atoms with Crippen molar-refractivity contribution in [1.29, 1.82) is 0 Å². The standard InChI is InChI=1S/C16H18S2/c1-2-3-8-16(13-15-11-7-12-17-15)18-14-9-5-4-6-10-14/h4-7,9-13H,2-3,8H2,1H3/b16-13+. The molecular weight excluding hydrogens is 256 g/mol. The van der Waals surface area contributed by atoms with E-state index in [0.717, 1.165) is 0 Å². The van der Waals surface area contributed by atoms with Gasteiger partial charge in [0.2, 0.25) is 0 Å². The van der Waals surface area contributed by atoms with E-state index < -0.39 is 0 Å². The van der Waals surface area contributed by atoms with Crippen LogP contribution >= 0.6 is 23.1 Å². The zero-order valence-electron chi connectivity index (χ0n) is 10.6. The first kappa shape index (κ1) is 13.4. The first-order valence-electron chi connectivity index (χ1n) is 6.35. The Balaban J connectivity index is 2.10. The van der Waals surface area contributed by atoms with Gasteiger partial charge in [0, 0.05) is 9.77 Å². The topological polar surface area (TPSA) is 0 Å². The van der Waals surface area contributed by atoms with Gasteiger partial charge >= 0.3 is 0 Å². The van der Waals surface area contributed by atoms with Gasteiger partial charge in [-0.1, -0.05) is 49.4 Å². The van der Waals surface area contributed by atoms with Crippen LogP contribution < -0.4 is 0 Å². The van der Waals surface area contributed by atoms with Crippen LogP contribution in [0.1, 0.15) is 31.1 Å². The molecule has 94 valence electrons. The van der Waals surface area contributed by atoms with Gasteiger partial charge in [-0.2, -0.15) is 0 Å². The van der Waals surface area contributed by atoms with Crippen molar-refractivity contribution in [1.82, 2.24) is 0 Å². The molecule has 2 rings (SSSR count). The van der Waals surface area contributed by atoms with E-state index in [4.69, 9.17) is 0 Å². The van der Waals surface area contributed by atoms with E-state index in [0.29, 0.717) is 0 Å². The molecule has 0 atom stereocenters. The summed E-state index contributed by atoms with van der Waals surface area (Å²) >= 11 is 3.70. The molecule has 0 nitrogen and oxygen atoms in total. The monoisotopic (exact) mass is 274 g/mol. The third kappa shape index (κ3) is 4.35. The van der Waals surface area contributed by atoms with Crippen LogP contribution in [0.4, 0.5) is 0 Å². The summed E-state index contributed by atoms with van der Waals surface area (Å²) in [5.74, 6) is 0. The second-order valence-electron chi connectivity index (χ2n) is 4.14. The summed E-state index contributed by atoms with van der Waals surface area (Å²) in [6.07, 6.45) is 6.01. The zero-order valence-corrected chi connectivity index (χ0v) is 12.3. The number of hydrogen-bond donors (Lipinski definition) is 0. The number of rotatable bonds is 6. The second kappa shape index (κ2) is 7.45. The fourth-order valence-electron chi connectivity index (χ4n) is 1.68. The smallest absolute Gasteiger partial charge is 0.0278 e. The van der Waals surface area contributed by atoms with E-state index in [-0.39, 0.29) is 0 Å². The van der Waals surface area contributed by atoms with Gasteiger partial charge in [-0.3, -0.25) is 0 Å². The molecule has 2 aromatic rings. The molecule has 18 heavy (non-hydrogen) atoms. The molecule has 0 saturated carbocycles. The predicted octanol–water partition coefficient (Wildman–Crippen LogP) is 6.07. The van der Waals surface area contributed by atoms with E-state index in [1.54, 1.807) is 11.3 Å². The van der Waals surface area contributed by atoms with Gasteiger partial charge in [0.1, 0.15) is 0 Å². The maximum atomic E-state index is 2.33. The minimum absolute atomic E-state index is 1.17. The highest BCUT2D eigenvalue weighted by Crippen LogP contribution is 2.32. The van der Waals surface area contributed by atoms with Crippen LogP contribution in [0.15, 0.2) is 57.6 Å². The third-order valence-electron chi connectivity index (χ3n) is 2.62. The second-order valence-corrected chi connectivity index (χ2v) is 6.32. The summed E-state index contributed by atoms with van der Waals surface area (Å²) in [4.78, 5) is 4.14. The summed E-state index contributed by atoms with van der Waals surface area (Å²) in [7, 11) is 0. The Morgan fingerprint density at radius 2 is 2.00 bits per heavy atom. The molecule has 0 N–H and O–H groups in total. The highest BCUT2D eigenvalue weighted by molar-refractivity contribution is 8.03. The quantitative estimate of drug-likeness (QED) is 0.576. The van der Waals surface area contributed by atoms with Crippen LogP contribution in [-0.4, -0.2) is 0 Å². The van der Waals surface area contributed by atoms with Crippen LogP contribution in [0.5, 0.6) is 0 Å². The molecule has 2 heteroatoms. The van der Waals surface area contributed by atoms with Gasteiger partial charge in [-0.05, 0) is 47.4 Å². The fraction of sp³-hybridized carbons (Fsp3) is 0.250. The number of allylic oxidation sites excluding steroid dienone is 1. The fourth-order valence-corrected chi connectivity index (χ4v) is 3.46.